The highest BCUT2D eigenvalue weighted by Crippen LogP contribution is 2.31. The smallest absolute Gasteiger partial charge is 0.261 e. The summed E-state index contributed by atoms with van der Waals surface area (Å²) in [6.45, 7) is 0. The number of pyridine rings is 1. The highest BCUT2D eigenvalue weighted by atomic mass is 32.2. The number of nitrogens with two attached hydrogens (primary N) is 1. The van der Waals surface area contributed by atoms with E-state index in [2.05, 4.69) is 9.97 Å². The van der Waals surface area contributed by atoms with E-state index < -0.39 is 0 Å². The van der Waals surface area contributed by atoms with E-state index in [1.807, 2.05) is 18.2 Å². The highest BCUT2D eigenvalue weighted by Gasteiger charge is 2.08. The molecule has 0 bridgehead atoms. The van der Waals surface area contributed by atoms with Gasteiger partial charge in [0.1, 0.15) is 5.52 Å². The highest BCUT2D eigenvalue weighted by molar-refractivity contribution is 7.99. The molecule has 0 saturated heterocycles. The van der Waals surface area contributed by atoms with Crippen LogP contribution in [0.2, 0.25) is 0 Å². The van der Waals surface area contributed by atoms with Crippen molar-refractivity contribution >= 4 is 28.5 Å². The lowest BCUT2D eigenvalue weighted by Gasteiger charge is -2.00. The lowest BCUT2D eigenvalue weighted by molar-refractivity contribution is 0.396. The van der Waals surface area contributed by atoms with Crippen molar-refractivity contribution in [1.29, 1.82) is 0 Å². The molecule has 0 fully saturated rings. The molecule has 0 aliphatic rings. The van der Waals surface area contributed by atoms with Gasteiger partial charge in [0.25, 0.3) is 5.22 Å². The van der Waals surface area contributed by atoms with E-state index in [0.29, 0.717) is 22.4 Å². The third-order valence-corrected chi connectivity index (χ3v) is 3.35. The Bertz CT molecular complexity index is 727. The van der Waals surface area contributed by atoms with Gasteiger partial charge in [-0.1, -0.05) is 0 Å². The van der Waals surface area contributed by atoms with Crippen LogP contribution in [0.15, 0.2) is 51.1 Å². The summed E-state index contributed by atoms with van der Waals surface area (Å²) in [4.78, 5) is 9.39. The van der Waals surface area contributed by atoms with E-state index in [1.165, 1.54) is 11.8 Å². The van der Waals surface area contributed by atoms with Gasteiger partial charge in [-0.3, -0.25) is 0 Å². The van der Waals surface area contributed by atoms with Crippen LogP contribution in [0, 0.1) is 0 Å². The van der Waals surface area contributed by atoms with Gasteiger partial charge in [0.15, 0.2) is 5.58 Å². The first-order valence-electron chi connectivity index (χ1n) is 5.58. The zero-order chi connectivity index (χ0) is 13.2. The molecular formula is C13H11N3O2S. The monoisotopic (exact) mass is 273 g/mol. The fourth-order valence-corrected chi connectivity index (χ4v) is 2.40. The summed E-state index contributed by atoms with van der Waals surface area (Å²) in [5.41, 5.74) is 7.84. The number of aromatic nitrogens is 2. The molecule has 3 aromatic rings. The molecule has 0 aliphatic heterocycles. The average Bonchev–Trinajstić information content (AvgIpc) is 2.80. The van der Waals surface area contributed by atoms with Crippen molar-refractivity contribution in [1.82, 2.24) is 9.97 Å². The van der Waals surface area contributed by atoms with Crippen molar-refractivity contribution in [3.63, 3.8) is 0 Å². The molecule has 19 heavy (non-hydrogen) atoms. The van der Waals surface area contributed by atoms with Crippen molar-refractivity contribution in [3.05, 3.63) is 36.5 Å². The number of hydrogen-bond acceptors (Lipinski definition) is 6. The molecule has 2 aromatic heterocycles. The maximum Gasteiger partial charge on any atom is 0.261 e. The summed E-state index contributed by atoms with van der Waals surface area (Å²) in [5.74, 6) is 0.561. The molecule has 0 spiro atoms. The number of anilines is 1. The maximum absolute atomic E-state index is 5.70. The fraction of sp³-hybridized carbons (Fsp3) is 0.0769. The molecule has 0 aliphatic carbocycles. The van der Waals surface area contributed by atoms with Crippen molar-refractivity contribution in [2.45, 2.75) is 10.1 Å². The summed E-state index contributed by atoms with van der Waals surface area (Å²) in [6.07, 6.45) is 1.68. The van der Waals surface area contributed by atoms with Gasteiger partial charge in [-0.25, -0.2) is 9.97 Å². The first-order chi connectivity index (χ1) is 9.24. The Balaban J connectivity index is 1.92. The Kier molecular flexibility index (Phi) is 3.00. The minimum absolute atomic E-state index is 0.561. The summed E-state index contributed by atoms with van der Waals surface area (Å²) < 4.78 is 10.7. The van der Waals surface area contributed by atoms with E-state index in [-0.39, 0.29) is 0 Å². The predicted molar refractivity (Wildman–Crippen MR) is 73.3 cm³/mol. The van der Waals surface area contributed by atoms with Gasteiger partial charge in [0, 0.05) is 28.9 Å². The lowest BCUT2D eigenvalue weighted by Crippen LogP contribution is -1.86. The first-order valence-corrected chi connectivity index (χ1v) is 6.40. The number of oxazole rings is 1. The number of hydrogen-bond donors (Lipinski definition) is 1. The molecule has 0 saturated carbocycles. The topological polar surface area (TPSA) is 74.2 Å². The Morgan fingerprint density at radius 1 is 1.26 bits per heavy atom. The van der Waals surface area contributed by atoms with Crippen molar-refractivity contribution in [2.24, 2.45) is 0 Å². The fourth-order valence-electron chi connectivity index (χ4n) is 1.63. The zero-order valence-electron chi connectivity index (χ0n) is 10.2. The number of nitrogens with zero attached hydrogens (tertiary/aromatic N) is 2. The van der Waals surface area contributed by atoms with E-state index in [9.17, 15) is 0 Å². The van der Waals surface area contributed by atoms with Gasteiger partial charge < -0.3 is 14.9 Å². The van der Waals surface area contributed by atoms with E-state index >= 15 is 0 Å². The van der Waals surface area contributed by atoms with E-state index in [1.54, 1.807) is 25.4 Å². The van der Waals surface area contributed by atoms with Gasteiger partial charge in [-0.05, 0) is 30.0 Å². The molecule has 0 atom stereocenters. The summed E-state index contributed by atoms with van der Waals surface area (Å²) in [6, 6.07) is 9.10. The third-order valence-electron chi connectivity index (χ3n) is 2.51. The van der Waals surface area contributed by atoms with Crippen LogP contribution in [0.25, 0.3) is 11.1 Å². The van der Waals surface area contributed by atoms with Crippen LogP contribution in [0.1, 0.15) is 0 Å². The second-order valence-electron chi connectivity index (χ2n) is 3.84. The second-order valence-corrected chi connectivity index (χ2v) is 4.87. The summed E-state index contributed by atoms with van der Waals surface area (Å²) in [7, 11) is 1.58. The van der Waals surface area contributed by atoms with Crippen LogP contribution in [0.3, 0.4) is 0 Å². The van der Waals surface area contributed by atoms with Crippen LogP contribution in [0.5, 0.6) is 5.88 Å². The van der Waals surface area contributed by atoms with Crippen LogP contribution >= 0.6 is 11.8 Å². The number of rotatable bonds is 3. The van der Waals surface area contributed by atoms with Crippen LogP contribution in [-0.2, 0) is 0 Å². The standard InChI is InChI=1S/C13H11N3O2S/c1-17-12-7-9(4-5-15-12)19-13-16-10-3-2-8(14)6-11(10)18-13/h2-7H,14H2,1H3. The molecule has 0 amide bonds. The molecule has 2 N–H and O–H groups in total. The lowest BCUT2D eigenvalue weighted by atomic mass is 10.3. The van der Waals surface area contributed by atoms with Crippen LogP contribution in [0.4, 0.5) is 5.69 Å². The first kappa shape index (κ1) is 11.9. The van der Waals surface area contributed by atoms with E-state index in [0.717, 1.165) is 10.4 Å². The molecule has 5 nitrogen and oxygen atoms in total. The summed E-state index contributed by atoms with van der Waals surface area (Å²) in [5, 5.41) is 0.564. The van der Waals surface area contributed by atoms with Gasteiger partial charge in [-0.15, -0.1) is 0 Å². The molecule has 6 heteroatoms. The number of nitrogen functional groups attached to an aromatic ring is 1. The number of fused-ring (bicyclic) bond motifs is 1. The van der Waals surface area contributed by atoms with Gasteiger partial charge in [-0.2, -0.15) is 0 Å². The largest absolute Gasteiger partial charge is 0.481 e. The Morgan fingerprint density at radius 3 is 3.00 bits per heavy atom. The Hall–Kier alpha value is -2.21. The minimum Gasteiger partial charge on any atom is -0.481 e. The predicted octanol–water partition coefficient (Wildman–Crippen LogP) is 2.96. The van der Waals surface area contributed by atoms with E-state index in [4.69, 9.17) is 14.9 Å². The second kappa shape index (κ2) is 4.81. The molecular weight excluding hydrogens is 262 g/mol. The van der Waals surface area contributed by atoms with Gasteiger partial charge >= 0.3 is 0 Å². The maximum atomic E-state index is 5.70. The molecule has 1 aromatic carbocycles. The van der Waals surface area contributed by atoms with Crippen LogP contribution in [-0.4, -0.2) is 17.1 Å². The molecule has 2 heterocycles. The molecule has 0 unspecified atom stereocenters. The van der Waals surface area contributed by atoms with Gasteiger partial charge in [0.05, 0.1) is 7.11 Å². The minimum atomic E-state index is 0.561. The average molecular weight is 273 g/mol. The third kappa shape index (κ3) is 2.48. The van der Waals surface area contributed by atoms with Gasteiger partial charge in [0.2, 0.25) is 5.88 Å². The zero-order valence-corrected chi connectivity index (χ0v) is 11.0. The number of benzene rings is 1. The Labute approximate surface area is 113 Å². The summed E-state index contributed by atoms with van der Waals surface area (Å²) >= 11 is 1.41. The van der Waals surface area contributed by atoms with Crippen molar-refractivity contribution in [3.8, 4) is 5.88 Å². The number of methoxy groups -OCH3 is 1. The van der Waals surface area contributed by atoms with Crippen molar-refractivity contribution in [2.75, 3.05) is 12.8 Å². The normalized spacial score (nSPS) is 10.8. The number of ether oxygens (including phenoxy) is 1. The molecule has 96 valence electrons. The quantitative estimate of drug-likeness (QED) is 0.739. The molecule has 3 rings (SSSR count). The Morgan fingerprint density at radius 2 is 2.16 bits per heavy atom. The SMILES string of the molecule is COc1cc(Sc2nc3ccc(N)cc3o2)ccn1. The molecule has 0 radical (unpaired) electrons. The van der Waals surface area contributed by atoms with Crippen LogP contribution < -0.4 is 10.5 Å². The van der Waals surface area contributed by atoms with Crippen molar-refractivity contribution < 1.29 is 9.15 Å².